The minimum absolute atomic E-state index is 0.0782. The maximum atomic E-state index is 10.8. The molecule has 7 nitrogen and oxygen atoms in total. The number of nitrogens with one attached hydrogen (secondary N) is 1. The first kappa shape index (κ1) is 15.1. The maximum Gasteiger partial charge on any atom is 0.356 e. The van der Waals surface area contributed by atoms with Crippen molar-refractivity contribution in [3.05, 3.63) is 41.9 Å². The van der Waals surface area contributed by atoms with Crippen molar-refractivity contribution in [1.29, 1.82) is 0 Å². The zero-order valence-electron chi connectivity index (χ0n) is 12.9. The van der Waals surface area contributed by atoms with Crippen LogP contribution in [0.25, 0.3) is 0 Å². The van der Waals surface area contributed by atoms with Crippen LogP contribution in [-0.4, -0.2) is 34.4 Å². The van der Waals surface area contributed by atoms with Crippen molar-refractivity contribution in [3.8, 4) is 11.5 Å². The molecule has 120 valence electrons. The number of hydrogen-bond acceptors (Lipinski definition) is 6. The van der Waals surface area contributed by atoms with Gasteiger partial charge in [0.25, 0.3) is 0 Å². The first-order chi connectivity index (χ1) is 11.0. The van der Waals surface area contributed by atoms with E-state index in [1.807, 2.05) is 18.2 Å². The number of rotatable bonds is 5. The number of carboxylic acid groups (broad SMARTS) is 1. The number of anilines is 1. The molecule has 0 radical (unpaired) electrons. The number of benzene rings is 1. The second kappa shape index (κ2) is 5.75. The van der Waals surface area contributed by atoms with E-state index >= 15 is 0 Å². The third-order valence-corrected chi connectivity index (χ3v) is 3.74. The van der Waals surface area contributed by atoms with Gasteiger partial charge in [-0.1, -0.05) is 19.9 Å². The fourth-order valence-electron chi connectivity index (χ4n) is 2.26. The lowest BCUT2D eigenvalue weighted by molar-refractivity contribution is 0.0690. The molecule has 2 N–H and O–H groups in total. The summed E-state index contributed by atoms with van der Waals surface area (Å²) in [6.07, 6.45) is 2.65. The zero-order valence-corrected chi connectivity index (χ0v) is 12.9. The number of carboxylic acids is 1. The Balaban J connectivity index is 1.69. The Morgan fingerprint density at radius 3 is 2.74 bits per heavy atom. The minimum Gasteiger partial charge on any atom is -0.476 e. The number of aromatic nitrogens is 2. The van der Waals surface area contributed by atoms with E-state index in [1.54, 1.807) is 0 Å². The Hall–Kier alpha value is -2.83. The van der Waals surface area contributed by atoms with Crippen molar-refractivity contribution in [3.63, 3.8) is 0 Å². The molecule has 1 aromatic carbocycles. The third-order valence-electron chi connectivity index (χ3n) is 3.74. The molecule has 2 aromatic rings. The average Bonchev–Trinajstić information content (AvgIpc) is 3.01. The molecule has 2 heterocycles. The molecule has 1 aliphatic heterocycles. The van der Waals surface area contributed by atoms with Crippen LogP contribution in [0.1, 0.15) is 29.9 Å². The molecule has 0 spiro atoms. The molecule has 7 heteroatoms. The number of ether oxygens (including phenoxy) is 2. The minimum atomic E-state index is -1.09. The van der Waals surface area contributed by atoms with Gasteiger partial charge in [0.05, 0.1) is 12.4 Å². The molecular formula is C16H17N3O4. The van der Waals surface area contributed by atoms with Gasteiger partial charge in [-0.05, 0) is 17.7 Å². The number of fused-ring (bicyclic) bond motifs is 1. The first-order valence-corrected chi connectivity index (χ1v) is 7.15. The largest absolute Gasteiger partial charge is 0.476 e. The quantitative estimate of drug-likeness (QED) is 0.874. The molecule has 0 saturated heterocycles. The van der Waals surface area contributed by atoms with Crippen LogP contribution >= 0.6 is 0 Å². The average molecular weight is 315 g/mol. The van der Waals surface area contributed by atoms with Gasteiger partial charge in [0.1, 0.15) is 5.82 Å². The summed E-state index contributed by atoms with van der Waals surface area (Å²) in [7, 11) is 0. The highest BCUT2D eigenvalue weighted by atomic mass is 16.7. The Labute approximate surface area is 133 Å². The van der Waals surface area contributed by atoms with Gasteiger partial charge in [0, 0.05) is 12.0 Å². The van der Waals surface area contributed by atoms with Gasteiger partial charge in [-0.2, -0.15) is 0 Å². The fourth-order valence-corrected chi connectivity index (χ4v) is 2.26. The Kier molecular flexibility index (Phi) is 3.77. The van der Waals surface area contributed by atoms with E-state index in [0.29, 0.717) is 12.4 Å². The number of carbonyl (C=O) groups is 1. The highest BCUT2D eigenvalue weighted by Gasteiger charge is 2.24. The summed E-state index contributed by atoms with van der Waals surface area (Å²) in [5.74, 6) is 0.947. The zero-order chi connectivity index (χ0) is 16.4. The van der Waals surface area contributed by atoms with E-state index in [9.17, 15) is 4.79 Å². The molecule has 0 aliphatic carbocycles. The second-order valence-corrected chi connectivity index (χ2v) is 5.90. The highest BCUT2D eigenvalue weighted by molar-refractivity contribution is 5.84. The van der Waals surface area contributed by atoms with E-state index in [4.69, 9.17) is 14.6 Å². The van der Waals surface area contributed by atoms with Crippen LogP contribution in [0.15, 0.2) is 30.6 Å². The van der Waals surface area contributed by atoms with Gasteiger partial charge in [0.15, 0.2) is 17.2 Å². The molecule has 0 unspecified atom stereocenters. The van der Waals surface area contributed by atoms with Crippen LogP contribution in [0.4, 0.5) is 5.82 Å². The smallest absolute Gasteiger partial charge is 0.356 e. The molecular weight excluding hydrogens is 298 g/mol. The van der Waals surface area contributed by atoms with E-state index < -0.39 is 5.97 Å². The second-order valence-electron chi connectivity index (χ2n) is 5.90. The van der Waals surface area contributed by atoms with E-state index in [1.165, 1.54) is 12.4 Å². The van der Waals surface area contributed by atoms with Crippen molar-refractivity contribution in [2.45, 2.75) is 19.3 Å². The monoisotopic (exact) mass is 315 g/mol. The molecule has 0 saturated carbocycles. The Morgan fingerprint density at radius 2 is 2.04 bits per heavy atom. The third kappa shape index (κ3) is 3.18. The van der Waals surface area contributed by atoms with Crippen molar-refractivity contribution in [2.75, 3.05) is 18.7 Å². The summed E-state index contributed by atoms with van der Waals surface area (Å²) >= 11 is 0. The number of hydrogen-bond donors (Lipinski definition) is 2. The van der Waals surface area contributed by atoms with Gasteiger partial charge in [0.2, 0.25) is 6.79 Å². The molecule has 1 aliphatic rings. The van der Waals surface area contributed by atoms with Gasteiger partial charge in [-0.3, -0.25) is 0 Å². The van der Waals surface area contributed by atoms with Crippen molar-refractivity contribution < 1.29 is 19.4 Å². The summed E-state index contributed by atoms with van der Waals surface area (Å²) in [4.78, 5) is 18.7. The molecule has 1 aromatic heterocycles. The standard InChI is InChI=1S/C16H17N3O4/c1-16(2,10-3-4-12-13(5-10)23-9-22-12)8-19-14-7-17-11(6-18-14)15(20)21/h3-7H,8-9H2,1-2H3,(H,18,19)(H,20,21). The summed E-state index contributed by atoms with van der Waals surface area (Å²) in [5.41, 5.74) is 0.837. The maximum absolute atomic E-state index is 10.8. The Bertz CT molecular complexity index is 729. The van der Waals surface area contributed by atoms with Crippen LogP contribution < -0.4 is 14.8 Å². The van der Waals surface area contributed by atoms with Crippen molar-refractivity contribution in [1.82, 2.24) is 9.97 Å². The summed E-state index contributed by atoms with van der Waals surface area (Å²) < 4.78 is 10.7. The van der Waals surface area contributed by atoms with Gasteiger partial charge in [-0.25, -0.2) is 14.8 Å². The van der Waals surface area contributed by atoms with Gasteiger partial charge < -0.3 is 19.9 Å². The van der Waals surface area contributed by atoms with Crippen LogP contribution in [-0.2, 0) is 5.41 Å². The van der Waals surface area contributed by atoms with Gasteiger partial charge >= 0.3 is 5.97 Å². The van der Waals surface area contributed by atoms with Crippen LogP contribution in [0.5, 0.6) is 11.5 Å². The lowest BCUT2D eigenvalue weighted by atomic mass is 9.84. The normalized spacial score (nSPS) is 13.0. The van der Waals surface area contributed by atoms with Gasteiger partial charge in [-0.15, -0.1) is 0 Å². The lowest BCUT2D eigenvalue weighted by Crippen LogP contribution is -2.28. The van der Waals surface area contributed by atoms with Crippen LogP contribution in [0.2, 0.25) is 0 Å². The van der Waals surface area contributed by atoms with Crippen molar-refractivity contribution >= 4 is 11.8 Å². The summed E-state index contributed by atoms with van der Waals surface area (Å²) in [6, 6.07) is 5.89. The molecule has 23 heavy (non-hydrogen) atoms. The van der Waals surface area contributed by atoms with E-state index in [0.717, 1.165) is 17.1 Å². The SMILES string of the molecule is CC(C)(CNc1cnc(C(=O)O)cn1)c1ccc2c(c1)OCO2. The predicted molar refractivity (Wildman–Crippen MR) is 83.1 cm³/mol. The fraction of sp³-hybridized carbons (Fsp3) is 0.312. The molecule has 3 rings (SSSR count). The van der Waals surface area contributed by atoms with Crippen molar-refractivity contribution in [2.24, 2.45) is 0 Å². The summed E-state index contributed by atoms with van der Waals surface area (Å²) in [6.45, 7) is 5.05. The topological polar surface area (TPSA) is 93.6 Å². The summed E-state index contributed by atoms with van der Waals surface area (Å²) in [5, 5.41) is 12.0. The first-order valence-electron chi connectivity index (χ1n) is 7.15. The molecule has 0 bridgehead atoms. The Morgan fingerprint density at radius 1 is 1.26 bits per heavy atom. The molecule has 0 atom stereocenters. The number of aromatic carboxylic acids is 1. The predicted octanol–water partition coefficient (Wildman–Crippen LogP) is 2.29. The lowest BCUT2D eigenvalue weighted by Gasteiger charge is -2.26. The highest BCUT2D eigenvalue weighted by Crippen LogP contribution is 2.36. The number of nitrogens with zero attached hydrogens (tertiary/aromatic N) is 2. The van der Waals surface area contributed by atoms with Crippen LogP contribution in [0, 0.1) is 0 Å². The van der Waals surface area contributed by atoms with E-state index in [-0.39, 0.29) is 17.9 Å². The molecule has 0 fully saturated rings. The van der Waals surface area contributed by atoms with E-state index in [2.05, 4.69) is 29.1 Å². The molecule has 0 amide bonds. The van der Waals surface area contributed by atoms with Crippen LogP contribution in [0.3, 0.4) is 0 Å².